The van der Waals surface area contributed by atoms with E-state index in [9.17, 15) is 4.79 Å². The van der Waals surface area contributed by atoms with Crippen molar-refractivity contribution in [3.05, 3.63) is 35.9 Å². The number of hydrogen-bond donors (Lipinski definition) is 0. The van der Waals surface area contributed by atoms with Crippen LogP contribution in [-0.4, -0.2) is 37.9 Å². The Kier molecular flexibility index (Phi) is 5.57. The fourth-order valence-corrected chi connectivity index (χ4v) is 1.16. The minimum Gasteiger partial charge on any atom is -0.445 e. The predicted molar refractivity (Wildman–Crippen MR) is 64.8 cm³/mol. The summed E-state index contributed by atoms with van der Waals surface area (Å²) < 4.78 is 5.11. The molecule has 0 bridgehead atoms. The molecule has 1 amide bonds. The molecule has 0 fully saturated rings. The van der Waals surface area contributed by atoms with Crippen LogP contribution in [0.1, 0.15) is 5.56 Å². The van der Waals surface area contributed by atoms with Gasteiger partial charge < -0.3 is 14.5 Å². The van der Waals surface area contributed by atoms with E-state index in [0.717, 1.165) is 5.56 Å². The molecule has 0 unspecified atom stereocenters. The van der Waals surface area contributed by atoms with Gasteiger partial charge in [-0.05, 0) is 5.56 Å². The van der Waals surface area contributed by atoms with Crippen molar-refractivity contribution in [1.29, 1.82) is 0 Å². The molecule has 0 radical (unpaired) electrons. The molecule has 5 heteroatoms. The van der Waals surface area contributed by atoms with E-state index >= 15 is 0 Å². The van der Waals surface area contributed by atoms with E-state index in [1.54, 1.807) is 7.05 Å². The van der Waals surface area contributed by atoms with Crippen molar-refractivity contribution in [3.8, 4) is 0 Å². The lowest BCUT2D eigenvalue weighted by Crippen LogP contribution is -2.30. The SMILES string of the molecule is C=NOCCN(C)C(=O)OCc1ccccc1. The number of ether oxygens (including phenoxy) is 1. The zero-order chi connectivity index (χ0) is 12.5. The summed E-state index contributed by atoms with van der Waals surface area (Å²) in [4.78, 5) is 17.6. The second kappa shape index (κ2) is 7.27. The number of carbonyl (C=O) groups excluding carboxylic acids is 1. The Morgan fingerprint density at radius 2 is 2.12 bits per heavy atom. The van der Waals surface area contributed by atoms with Crippen molar-refractivity contribution in [2.75, 3.05) is 20.2 Å². The van der Waals surface area contributed by atoms with Crippen molar-refractivity contribution in [2.24, 2.45) is 5.16 Å². The van der Waals surface area contributed by atoms with Crippen LogP contribution in [0.25, 0.3) is 0 Å². The monoisotopic (exact) mass is 236 g/mol. The van der Waals surface area contributed by atoms with E-state index in [-0.39, 0.29) is 12.7 Å². The van der Waals surface area contributed by atoms with Crippen molar-refractivity contribution >= 4 is 12.8 Å². The lowest BCUT2D eigenvalue weighted by molar-refractivity contribution is 0.0829. The fraction of sp³-hybridized carbons (Fsp3) is 0.333. The maximum absolute atomic E-state index is 11.5. The van der Waals surface area contributed by atoms with Gasteiger partial charge >= 0.3 is 6.09 Å². The average molecular weight is 236 g/mol. The first-order chi connectivity index (χ1) is 8.24. The molecule has 0 aromatic heterocycles. The highest BCUT2D eigenvalue weighted by Crippen LogP contribution is 2.02. The highest BCUT2D eigenvalue weighted by atomic mass is 16.6. The Bertz CT molecular complexity index is 354. The number of amides is 1. The first-order valence-electron chi connectivity index (χ1n) is 5.24. The zero-order valence-electron chi connectivity index (χ0n) is 9.83. The average Bonchev–Trinajstić information content (AvgIpc) is 2.37. The van der Waals surface area contributed by atoms with Gasteiger partial charge in [0.05, 0.1) is 6.54 Å². The Morgan fingerprint density at radius 3 is 2.76 bits per heavy atom. The summed E-state index contributed by atoms with van der Waals surface area (Å²) in [6.45, 7) is 4.16. The van der Waals surface area contributed by atoms with Gasteiger partial charge in [-0.25, -0.2) is 4.79 Å². The Morgan fingerprint density at radius 1 is 1.41 bits per heavy atom. The normalized spacial score (nSPS) is 9.47. The van der Waals surface area contributed by atoms with E-state index < -0.39 is 0 Å². The molecule has 0 aliphatic rings. The molecule has 5 nitrogen and oxygen atoms in total. The Hall–Kier alpha value is -2.04. The molecule has 0 atom stereocenters. The first kappa shape index (κ1) is 13.0. The summed E-state index contributed by atoms with van der Waals surface area (Å²) in [5.74, 6) is 0. The van der Waals surface area contributed by atoms with Crippen LogP contribution < -0.4 is 0 Å². The molecule has 0 saturated carbocycles. The van der Waals surface area contributed by atoms with E-state index in [1.807, 2.05) is 30.3 Å². The van der Waals surface area contributed by atoms with Crippen LogP contribution in [0.2, 0.25) is 0 Å². The summed E-state index contributed by atoms with van der Waals surface area (Å²) in [5.41, 5.74) is 0.957. The number of benzene rings is 1. The smallest absolute Gasteiger partial charge is 0.409 e. The molecule has 0 aliphatic carbocycles. The summed E-state index contributed by atoms with van der Waals surface area (Å²) in [7, 11) is 1.64. The van der Waals surface area contributed by atoms with Gasteiger partial charge in [0, 0.05) is 13.8 Å². The third-order valence-electron chi connectivity index (χ3n) is 2.13. The van der Waals surface area contributed by atoms with E-state index in [0.29, 0.717) is 13.2 Å². The molecule has 17 heavy (non-hydrogen) atoms. The molecular weight excluding hydrogens is 220 g/mol. The molecule has 0 aliphatic heterocycles. The number of nitrogens with zero attached hydrogens (tertiary/aromatic N) is 2. The van der Waals surface area contributed by atoms with Gasteiger partial charge in [-0.1, -0.05) is 30.3 Å². The Labute approximate surface area is 101 Å². The van der Waals surface area contributed by atoms with Gasteiger partial charge in [0.25, 0.3) is 0 Å². The molecule has 0 spiro atoms. The van der Waals surface area contributed by atoms with Crippen molar-refractivity contribution in [1.82, 2.24) is 4.90 Å². The van der Waals surface area contributed by atoms with Crippen LogP contribution in [0.3, 0.4) is 0 Å². The third kappa shape index (κ3) is 5.01. The maximum Gasteiger partial charge on any atom is 0.409 e. The van der Waals surface area contributed by atoms with E-state index in [1.165, 1.54) is 4.90 Å². The minimum absolute atomic E-state index is 0.268. The van der Waals surface area contributed by atoms with E-state index in [4.69, 9.17) is 4.74 Å². The number of carbonyl (C=O) groups is 1. The van der Waals surface area contributed by atoms with Gasteiger partial charge in [0.2, 0.25) is 0 Å². The molecule has 0 heterocycles. The van der Waals surface area contributed by atoms with Crippen LogP contribution >= 0.6 is 0 Å². The van der Waals surface area contributed by atoms with Crippen LogP contribution in [0.5, 0.6) is 0 Å². The zero-order valence-corrected chi connectivity index (χ0v) is 9.83. The molecule has 1 aromatic rings. The molecule has 1 rings (SSSR count). The molecule has 1 aromatic carbocycles. The van der Waals surface area contributed by atoms with Crippen LogP contribution in [0, 0.1) is 0 Å². The largest absolute Gasteiger partial charge is 0.445 e. The first-order valence-corrected chi connectivity index (χ1v) is 5.24. The maximum atomic E-state index is 11.5. The molecule has 0 saturated heterocycles. The Balaban J connectivity index is 2.26. The fourth-order valence-electron chi connectivity index (χ4n) is 1.16. The number of oxime groups is 1. The summed E-state index contributed by atoms with van der Waals surface area (Å²) in [6, 6.07) is 9.51. The summed E-state index contributed by atoms with van der Waals surface area (Å²) in [6.07, 6.45) is -0.387. The summed E-state index contributed by atoms with van der Waals surface area (Å²) >= 11 is 0. The van der Waals surface area contributed by atoms with Crippen LogP contribution in [-0.2, 0) is 16.2 Å². The quantitative estimate of drug-likeness (QED) is 0.430. The van der Waals surface area contributed by atoms with Gasteiger partial charge in [0.1, 0.15) is 13.2 Å². The molecular formula is C12H16N2O3. The second-order valence-electron chi connectivity index (χ2n) is 3.42. The van der Waals surface area contributed by atoms with Crippen LogP contribution in [0.15, 0.2) is 35.5 Å². The predicted octanol–water partition coefficient (Wildman–Crippen LogP) is 1.89. The van der Waals surface area contributed by atoms with Gasteiger partial charge in [-0.3, -0.25) is 0 Å². The molecule has 0 N–H and O–H groups in total. The highest BCUT2D eigenvalue weighted by molar-refractivity contribution is 5.67. The highest BCUT2D eigenvalue weighted by Gasteiger charge is 2.09. The van der Waals surface area contributed by atoms with E-state index in [2.05, 4.69) is 16.7 Å². The topological polar surface area (TPSA) is 51.1 Å². The van der Waals surface area contributed by atoms with Gasteiger partial charge in [-0.2, -0.15) is 0 Å². The number of rotatable bonds is 6. The second-order valence-corrected chi connectivity index (χ2v) is 3.42. The lowest BCUT2D eigenvalue weighted by Gasteiger charge is -2.15. The number of likely N-dealkylation sites (N-methyl/N-ethyl adjacent to an activating group) is 1. The molecule has 92 valence electrons. The number of hydrogen-bond acceptors (Lipinski definition) is 4. The van der Waals surface area contributed by atoms with Crippen molar-refractivity contribution < 1.29 is 14.4 Å². The summed E-state index contributed by atoms with van der Waals surface area (Å²) in [5, 5.41) is 3.23. The van der Waals surface area contributed by atoms with Crippen LogP contribution in [0.4, 0.5) is 4.79 Å². The lowest BCUT2D eigenvalue weighted by atomic mass is 10.2. The van der Waals surface area contributed by atoms with Crippen molar-refractivity contribution in [3.63, 3.8) is 0 Å². The van der Waals surface area contributed by atoms with Crippen molar-refractivity contribution in [2.45, 2.75) is 6.61 Å². The van der Waals surface area contributed by atoms with Gasteiger partial charge in [-0.15, -0.1) is 5.16 Å². The minimum atomic E-state index is -0.387. The standard InChI is InChI=1S/C12H16N2O3/c1-13-17-9-8-14(2)12(15)16-10-11-6-4-3-5-7-11/h3-7H,1,8-10H2,2H3. The van der Waals surface area contributed by atoms with Gasteiger partial charge in [0.15, 0.2) is 0 Å². The third-order valence-corrected chi connectivity index (χ3v) is 2.13.